The van der Waals surface area contributed by atoms with Crippen LogP contribution in [-0.4, -0.2) is 4.57 Å². The maximum Gasteiger partial charge on any atom is 0.264 e. The lowest BCUT2D eigenvalue weighted by atomic mass is 10.2. The lowest BCUT2D eigenvalue weighted by Crippen LogP contribution is -2.37. The normalized spacial score (nSPS) is 11.1. The van der Waals surface area contributed by atoms with Crippen molar-refractivity contribution >= 4 is 0 Å². The summed E-state index contributed by atoms with van der Waals surface area (Å²) in [5.41, 5.74) is 1.25. The molecule has 0 spiro atoms. The van der Waals surface area contributed by atoms with Crippen molar-refractivity contribution < 1.29 is 4.57 Å². The van der Waals surface area contributed by atoms with E-state index < -0.39 is 0 Å². The Morgan fingerprint density at radius 3 is 2.50 bits per heavy atom. The third-order valence-electron chi connectivity index (χ3n) is 3.24. The average molecular weight is 243 g/mol. The van der Waals surface area contributed by atoms with Crippen molar-refractivity contribution in [2.24, 2.45) is 0 Å². The molecule has 0 saturated carbocycles. The first-order valence-corrected chi connectivity index (χ1v) is 6.90. The van der Waals surface area contributed by atoms with E-state index in [9.17, 15) is 0 Å². The van der Waals surface area contributed by atoms with Gasteiger partial charge in [-0.1, -0.05) is 45.4 Å². The van der Waals surface area contributed by atoms with Crippen molar-refractivity contribution in [3.63, 3.8) is 0 Å². The number of para-hydroxylation sites is 1. The number of rotatable bonds is 5. The smallest absolute Gasteiger partial charge is 0.234 e. The lowest BCUT2D eigenvalue weighted by molar-refractivity contribution is -0.704. The fourth-order valence-corrected chi connectivity index (χ4v) is 2.37. The minimum Gasteiger partial charge on any atom is -0.234 e. The van der Waals surface area contributed by atoms with Gasteiger partial charge in [0.2, 0.25) is 0 Å². The zero-order valence-corrected chi connectivity index (χ0v) is 11.6. The van der Waals surface area contributed by atoms with E-state index in [0.717, 1.165) is 6.54 Å². The molecule has 0 amide bonds. The number of aromatic nitrogens is 2. The summed E-state index contributed by atoms with van der Waals surface area (Å²) in [5, 5.41) is 0. The summed E-state index contributed by atoms with van der Waals surface area (Å²) in [6, 6.07) is 10.6. The zero-order valence-electron chi connectivity index (χ0n) is 11.6. The van der Waals surface area contributed by atoms with Gasteiger partial charge in [0.1, 0.15) is 18.1 Å². The second-order valence-electron chi connectivity index (χ2n) is 5.06. The highest BCUT2D eigenvalue weighted by molar-refractivity contribution is 5.32. The van der Waals surface area contributed by atoms with Crippen molar-refractivity contribution in [2.75, 3.05) is 0 Å². The fourth-order valence-electron chi connectivity index (χ4n) is 2.37. The molecule has 1 heterocycles. The molecule has 0 aliphatic heterocycles. The molecule has 18 heavy (non-hydrogen) atoms. The van der Waals surface area contributed by atoms with Crippen LogP contribution in [0.4, 0.5) is 0 Å². The molecule has 2 heteroatoms. The first-order chi connectivity index (χ1) is 8.74. The van der Waals surface area contributed by atoms with Gasteiger partial charge in [-0.3, -0.25) is 0 Å². The molecule has 1 aromatic carbocycles. The van der Waals surface area contributed by atoms with Gasteiger partial charge in [0.15, 0.2) is 0 Å². The van der Waals surface area contributed by atoms with Gasteiger partial charge < -0.3 is 0 Å². The Bertz CT molecular complexity index is 483. The third kappa shape index (κ3) is 2.63. The predicted octanol–water partition coefficient (Wildman–Crippen LogP) is 3.69. The molecule has 1 aromatic heterocycles. The third-order valence-corrected chi connectivity index (χ3v) is 3.24. The molecular weight excluding hydrogens is 220 g/mol. The summed E-state index contributed by atoms with van der Waals surface area (Å²) < 4.78 is 4.70. The van der Waals surface area contributed by atoms with Crippen LogP contribution in [0.1, 0.15) is 45.4 Å². The summed E-state index contributed by atoms with van der Waals surface area (Å²) >= 11 is 0. The standard InChI is InChI=1S/C16H23N2/c1-4-5-11-17-12-13-18(16(17)14(2)3)15-9-7-6-8-10-15/h6-10,12-14H,4-5,11H2,1-3H3/q+1. The first-order valence-electron chi connectivity index (χ1n) is 6.90. The Balaban J connectivity index is 2.39. The molecule has 2 aromatic rings. The Morgan fingerprint density at radius 2 is 1.89 bits per heavy atom. The number of unbranched alkanes of at least 4 members (excludes halogenated alkanes) is 1. The van der Waals surface area contributed by atoms with Gasteiger partial charge in [-0.25, -0.2) is 4.57 Å². The summed E-state index contributed by atoms with van der Waals surface area (Å²) in [4.78, 5) is 0. The monoisotopic (exact) mass is 243 g/mol. The van der Waals surface area contributed by atoms with Gasteiger partial charge in [-0.05, 0) is 18.6 Å². The maximum absolute atomic E-state index is 2.39. The van der Waals surface area contributed by atoms with Crippen molar-refractivity contribution in [3.8, 4) is 5.69 Å². The van der Waals surface area contributed by atoms with E-state index in [4.69, 9.17) is 0 Å². The van der Waals surface area contributed by atoms with Crippen molar-refractivity contribution in [3.05, 3.63) is 48.5 Å². The van der Waals surface area contributed by atoms with Gasteiger partial charge in [0.25, 0.3) is 5.82 Å². The number of imidazole rings is 1. The van der Waals surface area contributed by atoms with Crippen LogP contribution < -0.4 is 4.57 Å². The number of hydrogen-bond acceptors (Lipinski definition) is 0. The van der Waals surface area contributed by atoms with Gasteiger partial charge in [0.05, 0.1) is 12.5 Å². The van der Waals surface area contributed by atoms with E-state index in [0.29, 0.717) is 5.92 Å². The van der Waals surface area contributed by atoms with Crippen molar-refractivity contribution in [2.45, 2.75) is 46.1 Å². The van der Waals surface area contributed by atoms with Crippen LogP contribution in [0.15, 0.2) is 42.7 Å². The number of nitrogens with zero attached hydrogens (tertiary/aromatic N) is 2. The highest BCUT2D eigenvalue weighted by Gasteiger charge is 2.21. The second-order valence-corrected chi connectivity index (χ2v) is 5.06. The van der Waals surface area contributed by atoms with Gasteiger partial charge >= 0.3 is 0 Å². The first kappa shape index (κ1) is 12.9. The summed E-state index contributed by atoms with van der Waals surface area (Å²) in [6.07, 6.45) is 6.86. The summed E-state index contributed by atoms with van der Waals surface area (Å²) in [6.45, 7) is 7.88. The van der Waals surface area contributed by atoms with Crippen LogP contribution >= 0.6 is 0 Å². The largest absolute Gasteiger partial charge is 0.264 e. The molecular formula is C16H23N2+. The predicted molar refractivity (Wildman–Crippen MR) is 75.0 cm³/mol. The molecule has 0 fully saturated rings. The van der Waals surface area contributed by atoms with Gasteiger partial charge in [-0.15, -0.1) is 0 Å². The van der Waals surface area contributed by atoms with Crippen LogP contribution in [0.25, 0.3) is 5.69 Å². The Labute approximate surface area is 110 Å². The molecule has 0 N–H and O–H groups in total. The topological polar surface area (TPSA) is 8.81 Å². The molecule has 0 unspecified atom stereocenters. The van der Waals surface area contributed by atoms with E-state index in [1.54, 1.807) is 0 Å². The molecule has 0 atom stereocenters. The molecule has 0 aliphatic carbocycles. The van der Waals surface area contributed by atoms with E-state index in [-0.39, 0.29) is 0 Å². The average Bonchev–Trinajstić information content (AvgIpc) is 2.81. The zero-order chi connectivity index (χ0) is 13.0. The number of benzene rings is 1. The number of hydrogen-bond donors (Lipinski definition) is 0. The van der Waals surface area contributed by atoms with Crippen LogP contribution in [-0.2, 0) is 6.54 Å². The second kappa shape index (κ2) is 5.85. The Morgan fingerprint density at radius 1 is 1.17 bits per heavy atom. The van der Waals surface area contributed by atoms with Crippen molar-refractivity contribution in [1.82, 2.24) is 4.57 Å². The highest BCUT2D eigenvalue weighted by Crippen LogP contribution is 2.16. The fraction of sp³-hybridized carbons (Fsp3) is 0.438. The summed E-state index contributed by atoms with van der Waals surface area (Å²) in [5.74, 6) is 1.91. The minimum absolute atomic E-state index is 0.525. The minimum atomic E-state index is 0.525. The number of aryl methyl sites for hydroxylation is 1. The van der Waals surface area contributed by atoms with Crippen molar-refractivity contribution in [1.29, 1.82) is 0 Å². The SMILES string of the molecule is CCCC[n+]1ccn(-c2ccccc2)c1C(C)C. The molecule has 96 valence electrons. The molecule has 2 nitrogen and oxygen atoms in total. The molecule has 0 saturated heterocycles. The van der Waals surface area contributed by atoms with Crippen LogP contribution in [0.5, 0.6) is 0 Å². The molecule has 0 radical (unpaired) electrons. The highest BCUT2D eigenvalue weighted by atomic mass is 15.2. The maximum atomic E-state index is 2.39. The van der Waals surface area contributed by atoms with Gasteiger partial charge in [-0.2, -0.15) is 4.57 Å². The van der Waals surface area contributed by atoms with E-state index >= 15 is 0 Å². The van der Waals surface area contributed by atoms with E-state index in [2.05, 4.69) is 72.6 Å². The molecule has 0 bridgehead atoms. The quantitative estimate of drug-likeness (QED) is 0.708. The Hall–Kier alpha value is -1.57. The van der Waals surface area contributed by atoms with Crippen LogP contribution in [0.2, 0.25) is 0 Å². The molecule has 0 aliphatic rings. The summed E-state index contributed by atoms with van der Waals surface area (Å²) in [7, 11) is 0. The lowest BCUT2D eigenvalue weighted by Gasteiger charge is -2.07. The van der Waals surface area contributed by atoms with Crippen LogP contribution in [0.3, 0.4) is 0 Å². The molecule has 2 rings (SSSR count). The van der Waals surface area contributed by atoms with Gasteiger partial charge in [0, 0.05) is 0 Å². The van der Waals surface area contributed by atoms with E-state index in [1.165, 1.54) is 24.4 Å². The van der Waals surface area contributed by atoms with Crippen LogP contribution in [0, 0.1) is 0 Å². The van der Waals surface area contributed by atoms with E-state index in [1.807, 2.05) is 0 Å². The Kier molecular flexibility index (Phi) is 4.19.